The standard InChI is InChI=1S/NO2P/c2-1-4-3. The molecule has 0 aromatic rings. The Hall–Kier alpha value is -0.300. The van der Waals surface area contributed by atoms with Crippen LogP contribution in [0.2, 0.25) is 0 Å². The second-order valence-electron chi connectivity index (χ2n) is 0.163. The van der Waals surface area contributed by atoms with E-state index in [0.717, 1.165) is 0 Å². The van der Waals surface area contributed by atoms with Gasteiger partial charge in [-0.25, -0.2) is 4.57 Å². The van der Waals surface area contributed by atoms with Crippen molar-refractivity contribution in [2.45, 2.75) is 0 Å². The van der Waals surface area contributed by atoms with E-state index in [4.69, 9.17) is 9.47 Å². The van der Waals surface area contributed by atoms with Crippen LogP contribution in [0, 0.1) is 4.91 Å². The maximum absolute atomic E-state index is 8.79. The maximum Gasteiger partial charge on any atom is 0.346 e. The van der Waals surface area contributed by atoms with Gasteiger partial charge < -0.3 is 0 Å². The Labute approximate surface area is 24.2 Å². The molecule has 0 aromatic carbocycles. The van der Waals surface area contributed by atoms with Gasteiger partial charge in [-0.2, -0.15) is 0 Å². The van der Waals surface area contributed by atoms with Gasteiger partial charge in [0.15, 0.2) is 0 Å². The molecule has 0 bridgehead atoms. The average Bonchev–Trinajstić information content (AvgIpc) is 1.37. The van der Waals surface area contributed by atoms with Crippen LogP contribution in [0.15, 0.2) is 4.95 Å². The quantitative estimate of drug-likeness (QED) is 0.345. The Kier molecular flexibility index (Phi) is 2.50. The third-order valence-electron chi connectivity index (χ3n) is 0.0333. The van der Waals surface area contributed by atoms with Crippen LogP contribution in [0.1, 0.15) is 0 Å². The Balaban J connectivity index is 2.73. The highest BCUT2D eigenvalue weighted by molar-refractivity contribution is 7.21. The first-order valence-electron chi connectivity index (χ1n) is 0.565. The van der Waals surface area contributed by atoms with Crippen molar-refractivity contribution >= 4 is 8.61 Å². The van der Waals surface area contributed by atoms with Crippen LogP contribution in [0.5, 0.6) is 0 Å². The molecule has 0 fully saturated rings. The lowest BCUT2D eigenvalue weighted by Crippen LogP contribution is -1.03. The molecule has 0 aromatic heterocycles. The second kappa shape index (κ2) is 2.70. The molecule has 0 aliphatic heterocycles. The summed E-state index contributed by atoms with van der Waals surface area (Å²) in [5.41, 5.74) is 0. The van der Waals surface area contributed by atoms with Crippen LogP contribution < -0.4 is 0 Å². The lowest BCUT2D eigenvalue weighted by atomic mass is 13.7. The lowest BCUT2D eigenvalue weighted by Gasteiger charge is -1.28. The predicted molar refractivity (Wildman–Crippen MR) is 13.4 cm³/mol. The summed E-state index contributed by atoms with van der Waals surface area (Å²) in [5.74, 6) is 0. The number of nitroso groups, excluding NO2 is 1. The van der Waals surface area contributed by atoms with Crippen LogP contribution in [-0.2, 0) is 4.57 Å². The van der Waals surface area contributed by atoms with Gasteiger partial charge in [0.2, 0.25) is 0 Å². The Morgan fingerprint density at radius 3 is 2.00 bits per heavy atom. The number of rotatable bonds is 1. The monoisotopic (exact) mass is 77.0 g/mol. The van der Waals surface area contributed by atoms with Crippen molar-refractivity contribution in [1.29, 1.82) is 0 Å². The van der Waals surface area contributed by atoms with Crippen molar-refractivity contribution in [1.82, 2.24) is 0 Å². The van der Waals surface area contributed by atoms with Crippen LogP contribution in [0.3, 0.4) is 0 Å². The normalized spacial score (nSPS) is 7.00. The van der Waals surface area contributed by atoms with Gasteiger partial charge in [-0.05, 0) is 0 Å². The summed E-state index contributed by atoms with van der Waals surface area (Å²) in [6.45, 7) is 0. The van der Waals surface area contributed by atoms with Gasteiger partial charge >= 0.3 is 8.61 Å². The molecule has 0 heterocycles. The lowest BCUT2D eigenvalue weighted by molar-refractivity contribution is 0.599. The Morgan fingerprint density at radius 1 is 1.75 bits per heavy atom. The fourth-order valence-electron chi connectivity index (χ4n) is 0. The van der Waals surface area contributed by atoms with Crippen molar-refractivity contribution in [2.24, 2.45) is 4.95 Å². The van der Waals surface area contributed by atoms with Gasteiger partial charge in [0, 0.05) is 4.95 Å². The van der Waals surface area contributed by atoms with E-state index in [1.165, 1.54) is 0 Å². The summed E-state index contributed by atoms with van der Waals surface area (Å²) in [5, 5.41) is 0. The summed E-state index contributed by atoms with van der Waals surface area (Å²) in [4.78, 5) is 10.5. The molecule has 0 aliphatic rings. The van der Waals surface area contributed by atoms with E-state index in [0.29, 0.717) is 0 Å². The molecule has 22 valence electrons. The van der Waals surface area contributed by atoms with E-state index in [2.05, 4.69) is 0 Å². The minimum atomic E-state index is -0.682. The zero-order valence-electron chi connectivity index (χ0n) is 1.71. The molecule has 0 aliphatic carbocycles. The van der Waals surface area contributed by atoms with E-state index in [1.54, 1.807) is 0 Å². The van der Waals surface area contributed by atoms with Crippen LogP contribution in [0.4, 0.5) is 0 Å². The van der Waals surface area contributed by atoms with Gasteiger partial charge in [-0.15, -0.1) is 4.91 Å². The molecule has 0 saturated carbocycles. The molecule has 0 atom stereocenters. The first kappa shape index (κ1) is 3.70. The number of hydrogen-bond acceptors (Lipinski definition) is 2. The summed E-state index contributed by atoms with van der Waals surface area (Å²) in [6, 6.07) is 0. The van der Waals surface area contributed by atoms with Gasteiger partial charge in [-0.3, -0.25) is 0 Å². The van der Waals surface area contributed by atoms with Gasteiger partial charge in [0.05, 0.1) is 0 Å². The Bertz CT molecular complexity index is 27.0. The third kappa shape index (κ3) is 1.70. The third-order valence-corrected chi connectivity index (χ3v) is 0.100. The van der Waals surface area contributed by atoms with Crippen LogP contribution >= 0.6 is 8.61 Å². The average molecular weight is 77.0 g/mol. The fourth-order valence-corrected chi connectivity index (χ4v) is 0. The van der Waals surface area contributed by atoms with Gasteiger partial charge in [0.1, 0.15) is 0 Å². The molecular formula is NO2P. The van der Waals surface area contributed by atoms with E-state index in [1.807, 2.05) is 4.95 Å². The largest absolute Gasteiger partial charge is 0.346 e. The zero-order valence-corrected chi connectivity index (χ0v) is 2.61. The van der Waals surface area contributed by atoms with Crippen molar-refractivity contribution in [3.05, 3.63) is 4.91 Å². The van der Waals surface area contributed by atoms with E-state index < -0.39 is 8.61 Å². The first-order valence-corrected chi connectivity index (χ1v) is 1.33. The SMILES string of the molecule is O=NP=O. The molecule has 0 rings (SSSR count). The number of hydrogen-bond donors (Lipinski definition) is 0. The minimum Gasteiger partial charge on any atom is -0.243 e. The Morgan fingerprint density at radius 2 is 2.00 bits per heavy atom. The van der Waals surface area contributed by atoms with E-state index in [-0.39, 0.29) is 0 Å². The summed E-state index contributed by atoms with van der Waals surface area (Å²) >= 11 is 0. The van der Waals surface area contributed by atoms with Crippen molar-refractivity contribution < 1.29 is 4.57 Å². The van der Waals surface area contributed by atoms with Crippen LogP contribution in [0.25, 0.3) is 0 Å². The van der Waals surface area contributed by atoms with Crippen molar-refractivity contribution in [3.8, 4) is 0 Å². The maximum atomic E-state index is 8.79. The molecule has 0 amide bonds. The highest BCUT2D eigenvalue weighted by Crippen LogP contribution is 1.84. The molecule has 0 saturated heterocycles. The molecule has 3 nitrogen and oxygen atoms in total. The second-order valence-corrected chi connectivity index (χ2v) is 0.490. The molecule has 4 heteroatoms. The van der Waals surface area contributed by atoms with E-state index >= 15 is 0 Å². The van der Waals surface area contributed by atoms with Crippen molar-refractivity contribution in [3.63, 3.8) is 0 Å². The summed E-state index contributed by atoms with van der Waals surface area (Å²) in [7, 11) is -0.682. The topological polar surface area (TPSA) is 46.5 Å². The highest BCUT2D eigenvalue weighted by atomic mass is 31.1. The van der Waals surface area contributed by atoms with Crippen molar-refractivity contribution in [2.75, 3.05) is 0 Å². The van der Waals surface area contributed by atoms with Crippen LogP contribution in [-0.4, -0.2) is 0 Å². The first-order chi connectivity index (χ1) is 1.91. The summed E-state index contributed by atoms with van der Waals surface area (Å²) in [6.07, 6.45) is 0. The molecule has 4 heavy (non-hydrogen) atoms. The molecule has 0 spiro atoms. The van der Waals surface area contributed by atoms with E-state index in [9.17, 15) is 0 Å². The fraction of sp³-hybridized carbons (Fsp3) is 0. The minimum absolute atomic E-state index is 0.682. The smallest absolute Gasteiger partial charge is 0.243 e. The molecule has 0 radical (unpaired) electrons. The van der Waals surface area contributed by atoms with Gasteiger partial charge in [0.25, 0.3) is 0 Å². The molecular weight excluding hydrogens is 77.0 g/mol. The number of nitrogens with zero attached hydrogens (tertiary/aromatic N) is 1. The molecule has 0 N–H and O–H groups in total. The summed E-state index contributed by atoms with van der Waals surface area (Å²) < 4.78 is 8.79. The predicted octanol–water partition coefficient (Wildman–Crippen LogP) is 0.960. The van der Waals surface area contributed by atoms with Gasteiger partial charge in [-0.1, -0.05) is 0 Å². The highest BCUT2D eigenvalue weighted by Gasteiger charge is 1.50. The molecule has 0 unspecified atom stereocenters. The zero-order chi connectivity index (χ0) is 3.41.